The molecule has 1 saturated carbocycles. The Morgan fingerprint density at radius 2 is 2.13 bits per heavy atom. The number of ether oxygens (including phenoxy) is 2. The maximum Gasteiger partial charge on any atom is 0.105 e. The molecule has 3 nitrogen and oxygen atoms in total. The zero-order valence-corrected chi connectivity index (χ0v) is 9.76. The van der Waals surface area contributed by atoms with Crippen molar-refractivity contribution in [2.75, 3.05) is 26.3 Å². The van der Waals surface area contributed by atoms with Crippen LogP contribution in [0.15, 0.2) is 0 Å². The van der Waals surface area contributed by atoms with Gasteiger partial charge in [0.05, 0.1) is 18.8 Å². The molecule has 0 aromatic rings. The summed E-state index contributed by atoms with van der Waals surface area (Å²) in [6.45, 7) is 6.05. The molecule has 0 unspecified atom stereocenters. The molecule has 2 fully saturated rings. The van der Waals surface area contributed by atoms with Gasteiger partial charge in [-0.3, -0.25) is 0 Å². The first kappa shape index (κ1) is 11.4. The van der Waals surface area contributed by atoms with E-state index in [2.05, 4.69) is 12.2 Å². The van der Waals surface area contributed by atoms with Crippen LogP contribution in [-0.2, 0) is 9.47 Å². The van der Waals surface area contributed by atoms with Crippen molar-refractivity contribution in [3.63, 3.8) is 0 Å². The summed E-state index contributed by atoms with van der Waals surface area (Å²) in [4.78, 5) is 0. The summed E-state index contributed by atoms with van der Waals surface area (Å²) in [6, 6.07) is 0. The summed E-state index contributed by atoms with van der Waals surface area (Å²) in [5, 5.41) is 3.46. The van der Waals surface area contributed by atoms with Crippen LogP contribution in [-0.4, -0.2) is 38.0 Å². The third-order valence-corrected chi connectivity index (χ3v) is 3.47. The van der Waals surface area contributed by atoms with Gasteiger partial charge in [-0.1, -0.05) is 6.92 Å². The van der Waals surface area contributed by atoms with E-state index < -0.39 is 0 Å². The summed E-state index contributed by atoms with van der Waals surface area (Å²) in [7, 11) is 0. The normalized spacial score (nSPS) is 24.6. The molecule has 88 valence electrons. The second kappa shape index (κ2) is 5.28. The van der Waals surface area contributed by atoms with Crippen LogP contribution in [0.2, 0.25) is 0 Å². The lowest BCUT2D eigenvalue weighted by Crippen LogP contribution is -2.50. The molecule has 3 heteroatoms. The molecule has 1 N–H and O–H groups in total. The van der Waals surface area contributed by atoms with Crippen LogP contribution < -0.4 is 5.32 Å². The van der Waals surface area contributed by atoms with Crippen molar-refractivity contribution in [1.29, 1.82) is 0 Å². The molecule has 0 atom stereocenters. The summed E-state index contributed by atoms with van der Waals surface area (Å²) < 4.78 is 11.3. The standard InChI is InChI=1S/C12H23NO2/c1-2-7-13-8-6-12(4-3-5-12)15-11-9-14-10-11/h11,13H,2-10H2,1H3. The van der Waals surface area contributed by atoms with Gasteiger partial charge in [0.15, 0.2) is 0 Å². The van der Waals surface area contributed by atoms with Gasteiger partial charge in [-0.05, 0) is 45.2 Å². The average molecular weight is 213 g/mol. The topological polar surface area (TPSA) is 30.5 Å². The highest BCUT2D eigenvalue weighted by atomic mass is 16.6. The van der Waals surface area contributed by atoms with Crippen LogP contribution in [0.5, 0.6) is 0 Å². The quantitative estimate of drug-likeness (QED) is 0.653. The SMILES string of the molecule is CCCNCCC1(OC2COC2)CCC1. The molecule has 1 aliphatic carbocycles. The van der Waals surface area contributed by atoms with E-state index in [0.29, 0.717) is 6.10 Å². The van der Waals surface area contributed by atoms with E-state index in [1.807, 2.05) is 0 Å². The molecule has 0 bridgehead atoms. The van der Waals surface area contributed by atoms with Gasteiger partial charge in [0.25, 0.3) is 0 Å². The Balaban J connectivity index is 1.65. The molecule has 0 amide bonds. The summed E-state index contributed by atoms with van der Waals surface area (Å²) >= 11 is 0. The van der Waals surface area contributed by atoms with Gasteiger partial charge in [-0.15, -0.1) is 0 Å². The van der Waals surface area contributed by atoms with E-state index in [9.17, 15) is 0 Å². The van der Waals surface area contributed by atoms with Crippen molar-refractivity contribution in [2.45, 2.75) is 50.7 Å². The van der Waals surface area contributed by atoms with Crippen molar-refractivity contribution in [1.82, 2.24) is 5.32 Å². The van der Waals surface area contributed by atoms with E-state index in [1.54, 1.807) is 0 Å². The van der Waals surface area contributed by atoms with E-state index in [-0.39, 0.29) is 5.60 Å². The maximum atomic E-state index is 6.13. The van der Waals surface area contributed by atoms with Crippen LogP contribution in [0.1, 0.15) is 39.0 Å². The Bertz CT molecular complexity index is 188. The molecule has 0 spiro atoms. The second-order valence-corrected chi connectivity index (χ2v) is 4.81. The maximum absolute atomic E-state index is 6.13. The largest absolute Gasteiger partial charge is 0.376 e. The number of rotatable bonds is 7. The van der Waals surface area contributed by atoms with Crippen LogP contribution in [0.25, 0.3) is 0 Å². The highest BCUT2D eigenvalue weighted by Crippen LogP contribution is 2.40. The fourth-order valence-electron chi connectivity index (χ4n) is 2.25. The number of nitrogens with one attached hydrogen (secondary N) is 1. The molecule has 0 aromatic heterocycles. The average Bonchev–Trinajstić information content (AvgIpc) is 2.12. The Morgan fingerprint density at radius 3 is 2.60 bits per heavy atom. The first-order valence-corrected chi connectivity index (χ1v) is 6.31. The van der Waals surface area contributed by atoms with E-state index >= 15 is 0 Å². The predicted molar refractivity (Wildman–Crippen MR) is 60.1 cm³/mol. The molecular formula is C12H23NO2. The monoisotopic (exact) mass is 213 g/mol. The van der Waals surface area contributed by atoms with E-state index in [1.165, 1.54) is 32.1 Å². The van der Waals surface area contributed by atoms with Crippen molar-refractivity contribution >= 4 is 0 Å². The van der Waals surface area contributed by atoms with Crippen LogP contribution in [0, 0.1) is 0 Å². The highest BCUT2D eigenvalue weighted by molar-refractivity contribution is 4.92. The minimum atomic E-state index is 0.204. The zero-order chi connectivity index (χ0) is 10.6. The van der Waals surface area contributed by atoms with Crippen molar-refractivity contribution in [3.05, 3.63) is 0 Å². The van der Waals surface area contributed by atoms with E-state index in [4.69, 9.17) is 9.47 Å². The minimum absolute atomic E-state index is 0.204. The summed E-state index contributed by atoms with van der Waals surface area (Å²) in [5.41, 5.74) is 0.204. The van der Waals surface area contributed by atoms with Crippen molar-refractivity contribution in [2.24, 2.45) is 0 Å². The third-order valence-electron chi connectivity index (χ3n) is 3.47. The molecule has 1 heterocycles. The van der Waals surface area contributed by atoms with Crippen molar-refractivity contribution < 1.29 is 9.47 Å². The first-order valence-electron chi connectivity index (χ1n) is 6.31. The Kier molecular flexibility index (Phi) is 4.00. The van der Waals surface area contributed by atoms with Gasteiger partial charge in [-0.2, -0.15) is 0 Å². The minimum Gasteiger partial charge on any atom is -0.376 e. The fourth-order valence-corrected chi connectivity index (χ4v) is 2.25. The first-order chi connectivity index (χ1) is 7.35. The third kappa shape index (κ3) is 2.92. The predicted octanol–water partition coefficient (Wildman–Crippen LogP) is 1.71. The summed E-state index contributed by atoms with van der Waals surface area (Å²) in [6.07, 6.45) is 6.60. The Labute approximate surface area is 92.5 Å². The smallest absolute Gasteiger partial charge is 0.105 e. The molecule has 0 radical (unpaired) electrons. The number of hydrogen-bond acceptors (Lipinski definition) is 3. The van der Waals surface area contributed by atoms with Gasteiger partial charge < -0.3 is 14.8 Å². The fraction of sp³-hybridized carbons (Fsp3) is 1.00. The molecule has 0 aromatic carbocycles. The van der Waals surface area contributed by atoms with Gasteiger partial charge in [-0.25, -0.2) is 0 Å². The highest BCUT2D eigenvalue weighted by Gasteiger charge is 2.40. The van der Waals surface area contributed by atoms with Crippen LogP contribution in [0.4, 0.5) is 0 Å². The molecule has 1 aliphatic heterocycles. The lowest BCUT2D eigenvalue weighted by molar-refractivity contribution is -0.217. The molecule has 15 heavy (non-hydrogen) atoms. The molecule has 2 rings (SSSR count). The number of hydrogen-bond donors (Lipinski definition) is 1. The van der Waals surface area contributed by atoms with Gasteiger partial charge in [0, 0.05) is 0 Å². The van der Waals surface area contributed by atoms with Crippen LogP contribution in [0.3, 0.4) is 0 Å². The molecule has 1 saturated heterocycles. The van der Waals surface area contributed by atoms with Gasteiger partial charge >= 0.3 is 0 Å². The van der Waals surface area contributed by atoms with Crippen LogP contribution >= 0.6 is 0 Å². The molecule has 2 aliphatic rings. The van der Waals surface area contributed by atoms with Crippen molar-refractivity contribution in [3.8, 4) is 0 Å². The van der Waals surface area contributed by atoms with Gasteiger partial charge in [0.1, 0.15) is 6.10 Å². The molecular weight excluding hydrogens is 190 g/mol. The Morgan fingerprint density at radius 1 is 1.33 bits per heavy atom. The Hall–Kier alpha value is -0.120. The van der Waals surface area contributed by atoms with E-state index in [0.717, 1.165) is 26.3 Å². The van der Waals surface area contributed by atoms with Gasteiger partial charge in [0.2, 0.25) is 0 Å². The second-order valence-electron chi connectivity index (χ2n) is 4.81. The zero-order valence-electron chi connectivity index (χ0n) is 9.76. The lowest BCUT2D eigenvalue weighted by atomic mass is 9.77. The summed E-state index contributed by atoms with van der Waals surface area (Å²) in [5.74, 6) is 0. The lowest BCUT2D eigenvalue weighted by Gasteiger charge is -2.46.